The third-order valence-corrected chi connectivity index (χ3v) is 5.48. The molecule has 0 aromatic heterocycles. The van der Waals surface area contributed by atoms with E-state index in [-0.39, 0.29) is 11.8 Å². The summed E-state index contributed by atoms with van der Waals surface area (Å²) in [7, 11) is -3.16. The Morgan fingerprint density at radius 2 is 2.17 bits per heavy atom. The highest BCUT2D eigenvalue weighted by molar-refractivity contribution is 7.88. The Morgan fingerprint density at radius 1 is 1.39 bits per heavy atom. The Balaban J connectivity index is 2.17. The molecule has 1 atom stereocenters. The largest absolute Gasteiger partial charge is 0.218 e. The fraction of sp³-hybridized carbons (Fsp3) is 0.571. The molecule has 4 heteroatoms. The van der Waals surface area contributed by atoms with Crippen molar-refractivity contribution in [2.75, 3.05) is 6.54 Å². The molecule has 0 N–H and O–H groups in total. The zero-order chi connectivity index (χ0) is 13.2. The molecular weight excluding hydrogens is 246 g/mol. The maximum atomic E-state index is 12.4. The van der Waals surface area contributed by atoms with Gasteiger partial charge in [0.05, 0.1) is 5.75 Å². The minimum absolute atomic E-state index is 0.130. The molecule has 0 radical (unpaired) electrons. The van der Waals surface area contributed by atoms with Gasteiger partial charge >= 0.3 is 0 Å². The molecule has 0 amide bonds. The van der Waals surface area contributed by atoms with E-state index in [1.165, 1.54) is 0 Å². The molecule has 1 aliphatic rings. The number of hydrogen-bond donors (Lipinski definition) is 0. The Kier molecular flexibility index (Phi) is 4.07. The summed E-state index contributed by atoms with van der Waals surface area (Å²) in [4.78, 5) is 0. The van der Waals surface area contributed by atoms with Gasteiger partial charge in [-0.25, -0.2) is 8.42 Å². The number of benzene rings is 1. The first-order valence-corrected chi connectivity index (χ1v) is 8.19. The van der Waals surface area contributed by atoms with Crippen molar-refractivity contribution in [2.24, 2.45) is 0 Å². The summed E-state index contributed by atoms with van der Waals surface area (Å²) in [6, 6.07) is 7.96. The quantitative estimate of drug-likeness (QED) is 0.841. The van der Waals surface area contributed by atoms with Crippen LogP contribution in [0.2, 0.25) is 0 Å². The number of hydrogen-bond acceptors (Lipinski definition) is 2. The molecule has 2 rings (SSSR count). The lowest BCUT2D eigenvalue weighted by atomic mass is 10.2. The average molecular weight is 267 g/mol. The van der Waals surface area contributed by atoms with Gasteiger partial charge in [0.1, 0.15) is 0 Å². The molecule has 1 aromatic carbocycles. The van der Waals surface area contributed by atoms with Crippen LogP contribution >= 0.6 is 0 Å². The first-order valence-electron chi connectivity index (χ1n) is 6.58. The second-order valence-electron chi connectivity index (χ2n) is 5.06. The molecule has 1 fully saturated rings. The molecule has 0 bridgehead atoms. The normalized spacial score (nSPS) is 21.3. The third-order valence-electron chi connectivity index (χ3n) is 3.58. The molecule has 3 nitrogen and oxygen atoms in total. The maximum absolute atomic E-state index is 12.4. The lowest BCUT2D eigenvalue weighted by Crippen LogP contribution is -2.35. The fourth-order valence-electron chi connectivity index (χ4n) is 2.68. The van der Waals surface area contributed by atoms with Crippen LogP contribution in [0.3, 0.4) is 0 Å². The van der Waals surface area contributed by atoms with Gasteiger partial charge in [-0.05, 0) is 31.7 Å². The summed E-state index contributed by atoms with van der Waals surface area (Å²) in [6.07, 6.45) is 2.90. The van der Waals surface area contributed by atoms with Crippen LogP contribution in [0.1, 0.15) is 37.3 Å². The van der Waals surface area contributed by atoms with Crippen molar-refractivity contribution >= 4 is 10.0 Å². The smallest absolute Gasteiger partial charge is 0.212 e. The Hall–Kier alpha value is -0.870. The van der Waals surface area contributed by atoms with Gasteiger partial charge in [-0.15, -0.1) is 0 Å². The van der Waals surface area contributed by atoms with Crippen molar-refractivity contribution in [2.45, 2.75) is 44.9 Å². The van der Waals surface area contributed by atoms with Crippen LogP contribution < -0.4 is 0 Å². The molecule has 1 aliphatic heterocycles. The molecule has 1 heterocycles. The highest BCUT2D eigenvalue weighted by atomic mass is 32.2. The van der Waals surface area contributed by atoms with E-state index in [0.717, 1.165) is 30.4 Å². The molecule has 1 aromatic rings. The van der Waals surface area contributed by atoms with Crippen LogP contribution in [0, 0.1) is 6.92 Å². The van der Waals surface area contributed by atoms with Crippen LogP contribution in [0.5, 0.6) is 0 Å². The third kappa shape index (κ3) is 2.93. The summed E-state index contributed by atoms with van der Waals surface area (Å²) in [6.45, 7) is 4.73. The van der Waals surface area contributed by atoms with E-state index in [1.807, 2.05) is 31.2 Å². The van der Waals surface area contributed by atoms with E-state index >= 15 is 0 Å². The summed E-state index contributed by atoms with van der Waals surface area (Å²) in [5, 5.41) is 0. The van der Waals surface area contributed by atoms with Crippen molar-refractivity contribution in [3.8, 4) is 0 Å². The van der Waals surface area contributed by atoms with Crippen LogP contribution in [0.15, 0.2) is 24.3 Å². The number of aryl methyl sites for hydroxylation is 1. The molecule has 18 heavy (non-hydrogen) atoms. The summed E-state index contributed by atoms with van der Waals surface area (Å²) in [5.41, 5.74) is 1.99. The minimum atomic E-state index is -3.16. The lowest BCUT2D eigenvalue weighted by molar-refractivity contribution is 0.379. The van der Waals surface area contributed by atoms with Gasteiger partial charge in [0.2, 0.25) is 10.0 Å². The molecule has 1 saturated heterocycles. The summed E-state index contributed by atoms with van der Waals surface area (Å²) >= 11 is 0. The molecule has 100 valence electrons. The van der Waals surface area contributed by atoms with E-state index in [1.54, 1.807) is 4.31 Å². The molecule has 0 saturated carbocycles. The van der Waals surface area contributed by atoms with E-state index in [0.29, 0.717) is 6.54 Å². The predicted octanol–water partition coefficient (Wildman–Crippen LogP) is 2.70. The Labute approximate surface area is 110 Å². The monoisotopic (exact) mass is 267 g/mol. The van der Waals surface area contributed by atoms with Crippen molar-refractivity contribution in [1.29, 1.82) is 0 Å². The highest BCUT2D eigenvalue weighted by Crippen LogP contribution is 2.25. The van der Waals surface area contributed by atoms with Crippen molar-refractivity contribution in [3.63, 3.8) is 0 Å². The number of rotatable bonds is 4. The van der Waals surface area contributed by atoms with Crippen LogP contribution in [0.25, 0.3) is 0 Å². The highest BCUT2D eigenvalue weighted by Gasteiger charge is 2.32. The zero-order valence-corrected chi connectivity index (χ0v) is 11.9. The van der Waals surface area contributed by atoms with Gasteiger partial charge in [-0.1, -0.05) is 36.8 Å². The Bertz CT molecular complexity index is 510. The van der Waals surface area contributed by atoms with E-state index in [2.05, 4.69) is 6.92 Å². The van der Waals surface area contributed by atoms with Crippen LogP contribution in [-0.2, 0) is 15.8 Å². The van der Waals surface area contributed by atoms with Crippen molar-refractivity contribution < 1.29 is 8.42 Å². The SMILES string of the molecule is CCC1CCCN1S(=O)(=O)Cc1cccc(C)c1. The topological polar surface area (TPSA) is 37.4 Å². The number of sulfonamides is 1. The van der Waals surface area contributed by atoms with Gasteiger partial charge in [0.15, 0.2) is 0 Å². The van der Waals surface area contributed by atoms with Gasteiger partial charge < -0.3 is 0 Å². The van der Waals surface area contributed by atoms with E-state index < -0.39 is 10.0 Å². The second kappa shape index (κ2) is 5.41. The van der Waals surface area contributed by atoms with Gasteiger partial charge in [-0.2, -0.15) is 4.31 Å². The first kappa shape index (κ1) is 13.6. The van der Waals surface area contributed by atoms with Gasteiger partial charge in [0, 0.05) is 12.6 Å². The zero-order valence-electron chi connectivity index (χ0n) is 11.1. The molecule has 0 aliphatic carbocycles. The maximum Gasteiger partial charge on any atom is 0.218 e. The van der Waals surface area contributed by atoms with Gasteiger partial charge in [-0.3, -0.25) is 0 Å². The van der Waals surface area contributed by atoms with Crippen LogP contribution in [0.4, 0.5) is 0 Å². The average Bonchev–Trinajstić information content (AvgIpc) is 2.77. The van der Waals surface area contributed by atoms with Crippen LogP contribution in [-0.4, -0.2) is 25.3 Å². The molecule has 1 unspecified atom stereocenters. The summed E-state index contributed by atoms with van der Waals surface area (Å²) < 4.78 is 26.5. The molecule has 0 spiro atoms. The standard InChI is InChI=1S/C14H21NO2S/c1-3-14-8-5-9-15(14)18(16,17)11-13-7-4-6-12(2)10-13/h4,6-7,10,14H,3,5,8-9,11H2,1-2H3. The molecular formula is C14H21NO2S. The first-order chi connectivity index (χ1) is 8.53. The van der Waals surface area contributed by atoms with E-state index in [4.69, 9.17) is 0 Å². The minimum Gasteiger partial charge on any atom is -0.212 e. The van der Waals surface area contributed by atoms with E-state index in [9.17, 15) is 8.42 Å². The van der Waals surface area contributed by atoms with Crippen molar-refractivity contribution in [3.05, 3.63) is 35.4 Å². The Morgan fingerprint density at radius 3 is 2.83 bits per heavy atom. The van der Waals surface area contributed by atoms with Crippen molar-refractivity contribution in [1.82, 2.24) is 4.31 Å². The lowest BCUT2D eigenvalue weighted by Gasteiger charge is -2.23. The second-order valence-corrected chi connectivity index (χ2v) is 6.98. The summed E-state index contributed by atoms with van der Waals surface area (Å²) in [5.74, 6) is 0.130. The fourth-order valence-corrected chi connectivity index (χ4v) is 4.56. The van der Waals surface area contributed by atoms with Gasteiger partial charge in [0.25, 0.3) is 0 Å². The number of nitrogens with zero attached hydrogens (tertiary/aromatic N) is 1. The predicted molar refractivity (Wildman–Crippen MR) is 73.8 cm³/mol.